The molecule has 0 radical (unpaired) electrons. The van der Waals surface area contributed by atoms with Crippen LogP contribution in [0.25, 0.3) is 22.2 Å². The Labute approximate surface area is 204 Å². The summed E-state index contributed by atoms with van der Waals surface area (Å²) in [5, 5.41) is 15.7. The lowest BCUT2D eigenvalue weighted by atomic mass is 9.98. The minimum atomic E-state index is -0.452. The van der Waals surface area contributed by atoms with E-state index in [1.807, 2.05) is 49.2 Å². The van der Waals surface area contributed by atoms with Crippen LogP contribution in [0.3, 0.4) is 0 Å². The number of nitrogens with one attached hydrogen (secondary N) is 3. The molecule has 1 unspecified atom stereocenters. The van der Waals surface area contributed by atoms with Crippen molar-refractivity contribution in [3.8, 4) is 11.3 Å². The maximum absolute atomic E-state index is 14.8. The molecule has 0 aliphatic carbocycles. The molecular weight excluding hydrogens is 443 g/mol. The Hall–Kier alpha value is -3.59. The molecule has 5 rings (SSSR count). The van der Waals surface area contributed by atoms with Gasteiger partial charge in [0.1, 0.15) is 5.69 Å². The lowest BCUT2D eigenvalue weighted by Crippen LogP contribution is -2.34. The summed E-state index contributed by atoms with van der Waals surface area (Å²) >= 11 is 0. The van der Waals surface area contributed by atoms with Gasteiger partial charge in [0.05, 0.1) is 17.9 Å². The van der Waals surface area contributed by atoms with E-state index in [2.05, 4.69) is 49.8 Å². The summed E-state index contributed by atoms with van der Waals surface area (Å²) in [6.07, 6.45) is 5.65. The first-order valence-corrected chi connectivity index (χ1v) is 12.1. The van der Waals surface area contributed by atoms with Gasteiger partial charge < -0.3 is 16.0 Å². The van der Waals surface area contributed by atoms with Gasteiger partial charge in [0.2, 0.25) is 5.95 Å². The molecule has 1 aliphatic heterocycles. The van der Waals surface area contributed by atoms with Crippen LogP contribution in [0, 0.1) is 5.82 Å². The third-order valence-electron chi connectivity index (χ3n) is 6.52. The van der Waals surface area contributed by atoms with Gasteiger partial charge in [0.25, 0.3) is 0 Å². The van der Waals surface area contributed by atoms with Crippen molar-refractivity contribution in [3.05, 3.63) is 59.4 Å². The second kappa shape index (κ2) is 9.58. The monoisotopic (exact) mass is 474 g/mol. The Kier molecular flexibility index (Phi) is 6.34. The number of hydrogen-bond acceptors (Lipinski definition) is 7. The molecule has 182 valence electrons. The second-order valence-electron chi connectivity index (χ2n) is 9.30. The van der Waals surface area contributed by atoms with Crippen LogP contribution in [0.1, 0.15) is 43.1 Å². The van der Waals surface area contributed by atoms with Crippen LogP contribution in [0.4, 0.5) is 16.0 Å². The average Bonchev–Trinajstić information content (AvgIpc) is 3.18. The zero-order valence-electron chi connectivity index (χ0n) is 20.6. The number of nitrogens with zero attached hydrogens (tertiary/aromatic N) is 5. The Morgan fingerprint density at radius 3 is 2.89 bits per heavy atom. The van der Waals surface area contributed by atoms with E-state index in [9.17, 15) is 4.39 Å². The van der Waals surface area contributed by atoms with E-state index in [4.69, 9.17) is 0 Å². The summed E-state index contributed by atoms with van der Waals surface area (Å²) in [5.74, 6) is 0.233. The summed E-state index contributed by atoms with van der Waals surface area (Å²) < 4.78 is 16.7. The molecule has 1 aliphatic rings. The van der Waals surface area contributed by atoms with Crippen molar-refractivity contribution in [3.63, 3.8) is 0 Å². The number of fused-ring (bicyclic) bond motifs is 2. The molecule has 3 N–H and O–H groups in total. The molecule has 1 atom stereocenters. The van der Waals surface area contributed by atoms with Crippen molar-refractivity contribution >= 4 is 22.5 Å². The highest BCUT2D eigenvalue weighted by molar-refractivity contribution is 5.86. The van der Waals surface area contributed by atoms with Crippen LogP contribution < -0.4 is 16.0 Å². The van der Waals surface area contributed by atoms with Gasteiger partial charge in [-0.1, -0.05) is 19.9 Å². The van der Waals surface area contributed by atoms with E-state index in [1.54, 1.807) is 0 Å². The van der Waals surface area contributed by atoms with Gasteiger partial charge >= 0.3 is 0 Å². The number of hydrogen-bond donors (Lipinski definition) is 3. The topological polar surface area (TPSA) is 92.6 Å². The van der Waals surface area contributed by atoms with Gasteiger partial charge in [-0.2, -0.15) is 5.10 Å². The molecule has 3 aromatic heterocycles. The number of aryl methyl sites for hydroxylation is 1. The van der Waals surface area contributed by atoms with Gasteiger partial charge in [0.15, 0.2) is 5.82 Å². The highest BCUT2D eigenvalue weighted by Crippen LogP contribution is 2.31. The van der Waals surface area contributed by atoms with E-state index >= 15 is 0 Å². The minimum Gasteiger partial charge on any atom is -0.365 e. The van der Waals surface area contributed by atoms with Gasteiger partial charge in [-0.15, -0.1) is 0 Å². The number of rotatable bonds is 7. The van der Waals surface area contributed by atoms with Crippen LogP contribution in [-0.2, 0) is 19.9 Å². The van der Waals surface area contributed by atoms with E-state index < -0.39 is 5.82 Å². The molecule has 0 bridgehead atoms. The molecule has 0 amide bonds. The standard InChI is InChI=1S/C26H31FN8/c1-15(2)25-18-13-16(5-7-22(18)34-35(25)4)24-19(27)14-30-26(33-24)32-23-8-6-17-20(9-11-28-3)29-12-10-21(17)31-23/h5,7,10,12-15,23,28,31H,6,8-9,11H2,1-4H3,(H,30,32,33). The molecule has 0 fully saturated rings. The van der Waals surface area contributed by atoms with Crippen molar-refractivity contribution in [2.24, 2.45) is 7.05 Å². The molecule has 1 aromatic carbocycles. The smallest absolute Gasteiger partial charge is 0.225 e. The van der Waals surface area contributed by atoms with Crippen molar-refractivity contribution in [1.29, 1.82) is 0 Å². The molecule has 4 aromatic rings. The minimum absolute atomic E-state index is 0.0614. The fourth-order valence-electron chi connectivity index (χ4n) is 4.91. The fraction of sp³-hybridized carbons (Fsp3) is 0.385. The molecule has 8 nitrogen and oxygen atoms in total. The van der Waals surface area contributed by atoms with E-state index in [1.165, 1.54) is 11.8 Å². The lowest BCUT2D eigenvalue weighted by Gasteiger charge is -2.29. The largest absolute Gasteiger partial charge is 0.365 e. The number of aromatic nitrogens is 5. The van der Waals surface area contributed by atoms with Crippen LogP contribution in [0.2, 0.25) is 0 Å². The van der Waals surface area contributed by atoms with Gasteiger partial charge in [0, 0.05) is 54.2 Å². The highest BCUT2D eigenvalue weighted by atomic mass is 19.1. The molecule has 35 heavy (non-hydrogen) atoms. The van der Waals surface area contributed by atoms with E-state index in [0.29, 0.717) is 17.4 Å². The van der Waals surface area contributed by atoms with E-state index in [-0.39, 0.29) is 11.9 Å². The van der Waals surface area contributed by atoms with Crippen molar-refractivity contribution < 1.29 is 4.39 Å². The Bertz CT molecular complexity index is 1360. The summed E-state index contributed by atoms with van der Waals surface area (Å²) in [7, 11) is 3.89. The van der Waals surface area contributed by atoms with Gasteiger partial charge in [-0.3, -0.25) is 9.67 Å². The Balaban J connectivity index is 1.40. The summed E-state index contributed by atoms with van der Waals surface area (Å²) in [6, 6.07) is 7.76. The van der Waals surface area contributed by atoms with Crippen molar-refractivity contribution in [1.82, 2.24) is 30.0 Å². The number of halogens is 1. The Morgan fingerprint density at radius 2 is 2.09 bits per heavy atom. The summed E-state index contributed by atoms with van der Waals surface area (Å²) in [6.45, 7) is 5.15. The number of pyridine rings is 1. The maximum atomic E-state index is 14.8. The predicted octanol–water partition coefficient (Wildman–Crippen LogP) is 4.25. The zero-order valence-corrected chi connectivity index (χ0v) is 20.6. The molecule has 4 heterocycles. The lowest BCUT2D eigenvalue weighted by molar-refractivity contribution is 0.616. The SMILES string of the molecule is CNCCc1nccc2c1CCC(Nc1ncc(F)c(-c3ccc4nn(C)c(C(C)C)c4c3)n1)N2. The third kappa shape index (κ3) is 4.55. The molecule has 9 heteroatoms. The van der Waals surface area contributed by atoms with Gasteiger partial charge in [-0.05, 0) is 49.6 Å². The highest BCUT2D eigenvalue weighted by Gasteiger charge is 2.22. The van der Waals surface area contributed by atoms with E-state index in [0.717, 1.165) is 53.8 Å². The van der Waals surface area contributed by atoms with Crippen LogP contribution >= 0.6 is 0 Å². The first-order valence-electron chi connectivity index (χ1n) is 12.1. The third-order valence-corrected chi connectivity index (χ3v) is 6.52. The van der Waals surface area contributed by atoms with Crippen LogP contribution in [-0.4, -0.2) is 44.5 Å². The number of likely N-dealkylation sites (N-methyl/N-ethyl adjacent to an activating group) is 1. The summed E-state index contributed by atoms with van der Waals surface area (Å²) in [5.41, 5.74) is 6.43. The van der Waals surface area contributed by atoms with Crippen molar-refractivity contribution in [2.75, 3.05) is 24.2 Å². The molecule has 0 saturated heterocycles. The van der Waals surface area contributed by atoms with Crippen LogP contribution in [0.5, 0.6) is 0 Å². The molecule has 0 spiro atoms. The fourth-order valence-corrected chi connectivity index (χ4v) is 4.91. The first kappa shape index (κ1) is 23.2. The van der Waals surface area contributed by atoms with Gasteiger partial charge in [-0.25, -0.2) is 14.4 Å². The Morgan fingerprint density at radius 1 is 1.23 bits per heavy atom. The average molecular weight is 475 g/mol. The van der Waals surface area contributed by atoms with Crippen molar-refractivity contribution in [2.45, 2.75) is 45.2 Å². The normalized spacial score (nSPS) is 15.3. The second-order valence-corrected chi connectivity index (χ2v) is 9.30. The number of anilines is 2. The first-order chi connectivity index (χ1) is 16.9. The zero-order chi connectivity index (χ0) is 24.5. The predicted molar refractivity (Wildman–Crippen MR) is 137 cm³/mol. The molecular formula is C26H31FN8. The summed E-state index contributed by atoms with van der Waals surface area (Å²) in [4.78, 5) is 13.3. The molecule has 0 saturated carbocycles. The maximum Gasteiger partial charge on any atom is 0.225 e. The quantitative estimate of drug-likeness (QED) is 0.369. The van der Waals surface area contributed by atoms with Crippen LogP contribution in [0.15, 0.2) is 36.7 Å². The number of benzene rings is 1.